The summed E-state index contributed by atoms with van der Waals surface area (Å²) in [6.45, 7) is 0.965. The largest absolute Gasteiger partial charge is 0.443 e. The van der Waals surface area contributed by atoms with Crippen LogP contribution in [0.15, 0.2) is 47.4 Å². The number of likely N-dealkylation sites (tertiary alicyclic amines) is 1. The Bertz CT molecular complexity index is 1210. The summed E-state index contributed by atoms with van der Waals surface area (Å²) in [7, 11) is -3.40. The highest BCUT2D eigenvalue weighted by Gasteiger charge is 2.50. The second-order valence-electron chi connectivity index (χ2n) is 8.61. The van der Waals surface area contributed by atoms with Crippen molar-refractivity contribution >= 4 is 33.4 Å². The maximum Gasteiger partial charge on any atom is 0.411 e. The number of piperidine rings is 1. The van der Waals surface area contributed by atoms with Crippen molar-refractivity contribution < 1.29 is 22.7 Å². The lowest BCUT2D eigenvalue weighted by Gasteiger charge is -2.38. The average molecular weight is 475 g/mol. The number of halogens is 1. The van der Waals surface area contributed by atoms with Gasteiger partial charge in [0.05, 0.1) is 21.5 Å². The van der Waals surface area contributed by atoms with Crippen LogP contribution in [0.2, 0.25) is 5.02 Å². The van der Waals surface area contributed by atoms with Gasteiger partial charge in [0.15, 0.2) is 9.84 Å². The molecule has 0 radical (unpaired) electrons. The van der Waals surface area contributed by atoms with Crippen LogP contribution >= 0.6 is 11.6 Å². The third kappa shape index (κ3) is 3.55. The molecule has 0 spiro atoms. The Morgan fingerprint density at radius 2 is 1.84 bits per heavy atom. The van der Waals surface area contributed by atoms with Gasteiger partial charge in [-0.2, -0.15) is 0 Å². The number of ether oxygens (including phenoxy) is 1. The first-order chi connectivity index (χ1) is 15.2. The molecule has 0 saturated carbocycles. The number of carbonyl (C=O) groups is 2. The van der Waals surface area contributed by atoms with Crippen LogP contribution in [-0.2, 0) is 21.0 Å². The van der Waals surface area contributed by atoms with Crippen molar-refractivity contribution in [2.75, 3.05) is 19.3 Å². The third-order valence-electron chi connectivity index (χ3n) is 6.65. The fourth-order valence-corrected chi connectivity index (χ4v) is 6.04. The van der Waals surface area contributed by atoms with Crippen LogP contribution in [-0.4, -0.2) is 61.7 Å². The number of benzene rings is 2. The second-order valence-corrected chi connectivity index (χ2v) is 11.0. The number of hydrogen-bond acceptors (Lipinski definition) is 5. The van der Waals surface area contributed by atoms with Gasteiger partial charge in [-0.3, -0.25) is 9.69 Å². The van der Waals surface area contributed by atoms with Crippen molar-refractivity contribution in [3.8, 4) is 0 Å². The number of nitrogens with zero attached hydrogens (tertiary/aromatic N) is 2. The second kappa shape index (κ2) is 7.78. The number of hydrogen-bond donors (Lipinski definition) is 0. The maximum atomic E-state index is 13.0. The summed E-state index contributed by atoms with van der Waals surface area (Å²) in [5, 5.41) is 0.119. The minimum Gasteiger partial charge on any atom is -0.443 e. The minimum absolute atomic E-state index is 0.00390. The van der Waals surface area contributed by atoms with Gasteiger partial charge in [0.1, 0.15) is 6.10 Å². The van der Waals surface area contributed by atoms with Gasteiger partial charge in [-0.25, -0.2) is 13.2 Å². The van der Waals surface area contributed by atoms with Crippen LogP contribution in [0.3, 0.4) is 0 Å². The van der Waals surface area contributed by atoms with E-state index in [1.807, 2.05) is 17.0 Å². The Morgan fingerprint density at radius 1 is 1.12 bits per heavy atom. The fraction of sp³-hybridized carbons (Fsp3) is 0.391. The molecule has 5 rings (SSSR count). The van der Waals surface area contributed by atoms with Crippen molar-refractivity contribution in [1.29, 1.82) is 0 Å². The number of carbonyl (C=O) groups excluding carboxylic acids is 2. The van der Waals surface area contributed by atoms with E-state index in [4.69, 9.17) is 16.3 Å². The molecule has 1 aliphatic carbocycles. The molecule has 2 atom stereocenters. The molecule has 2 unspecified atom stereocenters. The standard InChI is InChI=1S/C23H23ClN2O5S/c1-32(29,30)16-6-7-18(19(24)13-16)22(27)25-10-8-15(9-11-25)26-21-17-5-3-2-4-14(17)12-20(21)31-23(26)28/h2-7,13,15,20-21H,8-12H2,1H3. The molecule has 2 amide bonds. The average Bonchev–Trinajstić information content (AvgIpc) is 3.27. The molecule has 2 heterocycles. The fourth-order valence-electron chi connectivity index (χ4n) is 5.07. The van der Waals surface area contributed by atoms with E-state index in [2.05, 4.69) is 12.1 Å². The molecule has 2 aromatic rings. The smallest absolute Gasteiger partial charge is 0.411 e. The van der Waals surface area contributed by atoms with Crippen molar-refractivity contribution in [2.45, 2.75) is 42.3 Å². The highest BCUT2D eigenvalue weighted by atomic mass is 35.5. The molecule has 7 nitrogen and oxygen atoms in total. The van der Waals surface area contributed by atoms with E-state index < -0.39 is 9.84 Å². The lowest BCUT2D eigenvalue weighted by Crippen LogP contribution is -2.47. The summed E-state index contributed by atoms with van der Waals surface area (Å²) in [4.78, 5) is 29.3. The topological polar surface area (TPSA) is 84.0 Å². The third-order valence-corrected chi connectivity index (χ3v) is 8.08. The van der Waals surface area contributed by atoms with Gasteiger partial charge < -0.3 is 9.64 Å². The molecular weight excluding hydrogens is 452 g/mol. The van der Waals surface area contributed by atoms with E-state index in [1.165, 1.54) is 23.8 Å². The first-order valence-corrected chi connectivity index (χ1v) is 12.9. The Hall–Kier alpha value is -2.58. The van der Waals surface area contributed by atoms with Gasteiger partial charge in [0, 0.05) is 31.8 Å². The predicted molar refractivity (Wildman–Crippen MR) is 118 cm³/mol. The van der Waals surface area contributed by atoms with Crippen LogP contribution < -0.4 is 0 Å². The highest BCUT2D eigenvalue weighted by Crippen LogP contribution is 2.44. The Labute approximate surface area is 191 Å². The van der Waals surface area contributed by atoms with E-state index in [9.17, 15) is 18.0 Å². The monoisotopic (exact) mass is 474 g/mol. The minimum atomic E-state index is -3.40. The normalized spacial score (nSPS) is 23.1. The molecule has 168 valence electrons. The molecule has 2 aliphatic heterocycles. The van der Waals surface area contributed by atoms with Gasteiger partial charge in [0.2, 0.25) is 0 Å². The van der Waals surface area contributed by atoms with Gasteiger partial charge in [-0.15, -0.1) is 0 Å². The Kier molecular flexibility index (Phi) is 5.17. The summed E-state index contributed by atoms with van der Waals surface area (Å²) >= 11 is 6.23. The molecule has 0 N–H and O–H groups in total. The highest BCUT2D eigenvalue weighted by molar-refractivity contribution is 7.90. The van der Waals surface area contributed by atoms with Crippen LogP contribution in [0.1, 0.15) is 40.4 Å². The van der Waals surface area contributed by atoms with Crippen molar-refractivity contribution in [1.82, 2.24) is 9.80 Å². The van der Waals surface area contributed by atoms with Gasteiger partial charge in [-0.05, 0) is 42.2 Å². The van der Waals surface area contributed by atoms with E-state index >= 15 is 0 Å². The number of sulfone groups is 1. The van der Waals surface area contributed by atoms with Crippen LogP contribution in [0, 0.1) is 0 Å². The van der Waals surface area contributed by atoms with E-state index in [0.717, 1.165) is 18.2 Å². The van der Waals surface area contributed by atoms with E-state index in [0.29, 0.717) is 25.9 Å². The molecular formula is C23H23ClN2O5S. The first-order valence-electron chi connectivity index (χ1n) is 10.6. The molecule has 9 heteroatoms. The quantitative estimate of drug-likeness (QED) is 0.680. The zero-order chi connectivity index (χ0) is 22.6. The molecule has 3 aliphatic rings. The van der Waals surface area contributed by atoms with Gasteiger partial charge in [-0.1, -0.05) is 35.9 Å². The first kappa shape index (κ1) is 21.3. The SMILES string of the molecule is CS(=O)(=O)c1ccc(C(=O)N2CCC(N3C(=O)OC4Cc5ccccc5C43)CC2)c(Cl)c1. The van der Waals surface area contributed by atoms with Gasteiger partial charge >= 0.3 is 6.09 Å². The lowest BCUT2D eigenvalue weighted by atomic mass is 9.98. The molecule has 0 aromatic heterocycles. The molecule has 32 heavy (non-hydrogen) atoms. The van der Waals surface area contributed by atoms with E-state index in [1.54, 1.807) is 4.90 Å². The number of fused-ring (bicyclic) bond motifs is 3. The molecule has 2 saturated heterocycles. The maximum absolute atomic E-state index is 13.0. The summed E-state index contributed by atoms with van der Waals surface area (Å²) in [5.74, 6) is -0.235. The van der Waals surface area contributed by atoms with Crippen LogP contribution in [0.25, 0.3) is 0 Å². The number of amides is 2. The molecule has 2 fully saturated rings. The molecule has 0 bridgehead atoms. The summed E-state index contributed by atoms with van der Waals surface area (Å²) < 4.78 is 29.1. The van der Waals surface area contributed by atoms with Gasteiger partial charge in [0.25, 0.3) is 5.91 Å². The molecule has 2 aromatic carbocycles. The van der Waals surface area contributed by atoms with Crippen LogP contribution in [0.5, 0.6) is 0 Å². The van der Waals surface area contributed by atoms with Crippen molar-refractivity contribution in [2.24, 2.45) is 0 Å². The summed E-state index contributed by atoms with van der Waals surface area (Å²) in [6, 6.07) is 12.3. The Morgan fingerprint density at radius 3 is 2.53 bits per heavy atom. The predicted octanol–water partition coefficient (Wildman–Crippen LogP) is 3.47. The zero-order valence-corrected chi connectivity index (χ0v) is 19.1. The summed E-state index contributed by atoms with van der Waals surface area (Å²) in [6.07, 6.45) is 2.70. The van der Waals surface area contributed by atoms with E-state index in [-0.39, 0.29) is 45.7 Å². The summed E-state index contributed by atoms with van der Waals surface area (Å²) in [5.41, 5.74) is 2.65. The Balaban J connectivity index is 1.29. The van der Waals surface area contributed by atoms with Crippen molar-refractivity contribution in [3.05, 3.63) is 64.2 Å². The van der Waals surface area contributed by atoms with Crippen LogP contribution in [0.4, 0.5) is 4.79 Å². The number of rotatable bonds is 3. The van der Waals surface area contributed by atoms with Crippen molar-refractivity contribution in [3.63, 3.8) is 0 Å². The lowest BCUT2D eigenvalue weighted by molar-refractivity contribution is 0.0636. The zero-order valence-electron chi connectivity index (χ0n) is 17.5.